The molecule has 23 heavy (non-hydrogen) atoms. The van der Waals surface area contributed by atoms with Gasteiger partial charge >= 0.3 is 0 Å². The lowest BCUT2D eigenvalue weighted by Crippen LogP contribution is -2.03. The molecule has 1 aromatic carbocycles. The molecule has 0 aliphatic heterocycles. The normalized spacial score (nSPS) is 11.4. The fourth-order valence-electron chi connectivity index (χ4n) is 2.55. The molecule has 0 saturated heterocycles. The van der Waals surface area contributed by atoms with E-state index in [1.165, 1.54) is 23.0 Å². The Morgan fingerprint density at radius 1 is 1.13 bits per heavy atom. The van der Waals surface area contributed by atoms with Gasteiger partial charge in [-0.3, -0.25) is 4.98 Å². The third kappa shape index (κ3) is 2.31. The number of nitrogens with zero attached hydrogens (tertiary/aromatic N) is 4. The lowest BCUT2D eigenvalue weighted by atomic mass is 10.0. The fourth-order valence-corrected chi connectivity index (χ4v) is 2.69. The van der Waals surface area contributed by atoms with Crippen molar-refractivity contribution in [3.8, 4) is 0 Å². The maximum atomic E-state index is 14.6. The van der Waals surface area contributed by atoms with Gasteiger partial charge in [-0.1, -0.05) is 11.6 Å². The maximum absolute atomic E-state index is 14.6. The Morgan fingerprint density at radius 3 is 2.87 bits per heavy atom. The van der Waals surface area contributed by atoms with Crippen LogP contribution >= 0.6 is 11.6 Å². The van der Waals surface area contributed by atoms with Crippen molar-refractivity contribution in [2.24, 2.45) is 0 Å². The zero-order valence-electron chi connectivity index (χ0n) is 11.7. The fraction of sp³-hybridized carbons (Fsp3) is 0.0625. The lowest BCUT2D eigenvalue weighted by molar-refractivity contribution is 0.567. The summed E-state index contributed by atoms with van der Waals surface area (Å²) < 4.78 is 30.4. The second kappa shape index (κ2) is 5.24. The molecule has 0 spiro atoms. The van der Waals surface area contributed by atoms with E-state index in [1.54, 1.807) is 24.3 Å². The largest absolute Gasteiger partial charge is 0.256 e. The average molecular weight is 331 g/mol. The highest BCUT2D eigenvalue weighted by atomic mass is 35.5. The van der Waals surface area contributed by atoms with Gasteiger partial charge in [0.25, 0.3) is 0 Å². The van der Waals surface area contributed by atoms with Gasteiger partial charge in [0, 0.05) is 29.6 Å². The third-order valence-electron chi connectivity index (χ3n) is 3.65. The average Bonchev–Trinajstić information content (AvgIpc) is 2.93. The Morgan fingerprint density at radius 2 is 2.00 bits per heavy atom. The monoisotopic (exact) mass is 330 g/mol. The summed E-state index contributed by atoms with van der Waals surface area (Å²) in [6, 6.07) is 7.72. The predicted molar refractivity (Wildman–Crippen MR) is 82.5 cm³/mol. The third-order valence-corrected chi connectivity index (χ3v) is 3.85. The summed E-state index contributed by atoms with van der Waals surface area (Å²) >= 11 is 5.88. The number of fused-ring (bicyclic) bond motifs is 2. The van der Waals surface area contributed by atoms with Gasteiger partial charge in [-0.2, -0.15) is 5.10 Å². The van der Waals surface area contributed by atoms with Crippen LogP contribution in [0, 0.1) is 11.6 Å². The van der Waals surface area contributed by atoms with E-state index in [1.807, 2.05) is 0 Å². The molecule has 0 N–H and O–H groups in total. The van der Waals surface area contributed by atoms with Gasteiger partial charge in [0.05, 0.1) is 17.4 Å². The number of aromatic nitrogens is 4. The van der Waals surface area contributed by atoms with Crippen LogP contribution in [0.3, 0.4) is 0 Å². The molecule has 3 heterocycles. The smallest absolute Gasteiger partial charge is 0.153 e. The molecule has 4 aromatic rings. The molecule has 7 heteroatoms. The van der Waals surface area contributed by atoms with E-state index in [4.69, 9.17) is 11.6 Å². The first-order valence-electron chi connectivity index (χ1n) is 6.84. The van der Waals surface area contributed by atoms with E-state index in [2.05, 4.69) is 15.1 Å². The number of hydrogen-bond acceptors (Lipinski definition) is 3. The summed E-state index contributed by atoms with van der Waals surface area (Å²) in [4.78, 5) is 8.14. The Labute approximate surface area is 134 Å². The van der Waals surface area contributed by atoms with Gasteiger partial charge in [0.2, 0.25) is 0 Å². The zero-order chi connectivity index (χ0) is 16.0. The minimum absolute atomic E-state index is 0.0109. The molecule has 0 aliphatic carbocycles. The maximum Gasteiger partial charge on any atom is 0.153 e. The predicted octanol–water partition coefficient (Wildman–Crippen LogP) is 3.80. The number of benzene rings is 1. The highest BCUT2D eigenvalue weighted by Crippen LogP contribution is 2.25. The molecular formula is C16H9ClF2N4. The molecule has 0 unspecified atom stereocenters. The van der Waals surface area contributed by atoms with Crippen LogP contribution in [0.2, 0.25) is 5.15 Å². The highest BCUT2D eigenvalue weighted by Gasteiger charge is 2.17. The van der Waals surface area contributed by atoms with Gasteiger partial charge in [-0.15, -0.1) is 0 Å². The van der Waals surface area contributed by atoms with Crippen LogP contribution in [0.25, 0.3) is 16.6 Å². The van der Waals surface area contributed by atoms with Crippen molar-refractivity contribution in [2.45, 2.75) is 6.42 Å². The van der Waals surface area contributed by atoms with Gasteiger partial charge in [0.15, 0.2) is 5.65 Å². The molecule has 114 valence electrons. The van der Waals surface area contributed by atoms with E-state index in [-0.39, 0.29) is 28.0 Å². The summed E-state index contributed by atoms with van der Waals surface area (Å²) in [7, 11) is 0. The highest BCUT2D eigenvalue weighted by molar-refractivity contribution is 6.29. The first kappa shape index (κ1) is 14.0. The van der Waals surface area contributed by atoms with Crippen molar-refractivity contribution in [2.75, 3.05) is 0 Å². The Bertz CT molecular complexity index is 1050. The zero-order valence-corrected chi connectivity index (χ0v) is 12.4. The SMILES string of the molecule is Fc1cc2ncccc2c(F)c1Cc1cnc2ccc(Cl)nn12. The number of hydrogen-bond donors (Lipinski definition) is 0. The molecule has 0 aliphatic rings. The van der Waals surface area contributed by atoms with E-state index < -0.39 is 11.6 Å². The first-order chi connectivity index (χ1) is 11.1. The molecule has 0 amide bonds. The van der Waals surface area contributed by atoms with E-state index in [0.29, 0.717) is 11.3 Å². The minimum atomic E-state index is -0.648. The van der Waals surface area contributed by atoms with Crippen molar-refractivity contribution in [1.82, 2.24) is 19.6 Å². The van der Waals surface area contributed by atoms with E-state index in [0.717, 1.165) is 0 Å². The van der Waals surface area contributed by atoms with Crippen LogP contribution in [0.15, 0.2) is 42.7 Å². The van der Waals surface area contributed by atoms with Crippen LogP contribution in [-0.2, 0) is 6.42 Å². The van der Waals surface area contributed by atoms with E-state index >= 15 is 0 Å². The minimum Gasteiger partial charge on any atom is -0.256 e. The topological polar surface area (TPSA) is 43.1 Å². The lowest BCUT2D eigenvalue weighted by Gasteiger charge is -2.08. The van der Waals surface area contributed by atoms with Gasteiger partial charge in [-0.25, -0.2) is 18.3 Å². The van der Waals surface area contributed by atoms with Gasteiger partial charge in [-0.05, 0) is 24.3 Å². The van der Waals surface area contributed by atoms with Crippen LogP contribution in [0.5, 0.6) is 0 Å². The summed E-state index contributed by atoms with van der Waals surface area (Å²) in [5.74, 6) is -1.27. The Kier molecular flexibility index (Phi) is 3.20. The second-order valence-electron chi connectivity index (χ2n) is 5.07. The first-order valence-corrected chi connectivity index (χ1v) is 7.22. The van der Waals surface area contributed by atoms with Crippen molar-refractivity contribution in [1.29, 1.82) is 0 Å². The summed E-state index contributed by atoms with van der Waals surface area (Å²) in [6.07, 6.45) is 3.04. The number of halogens is 3. The molecule has 0 radical (unpaired) electrons. The Hall–Kier alpha value is -2.60. The van der Waals surface area contributed by atoms with Crippen molar-refractivity contribution < 1.29 is 8.78 Å². The summed E-state index contributed by atoms with van der Waals surface area (Å²) in [5, 5.41) is 4.68. The van der Waals surface area contributed by atoms with Crippen LogP contribution < -0.4 is 0 Å². The Balaban J connectivity index is 1.87. The van der Waals surface area contributed by atoms with Crippen molar-refractivity contribution in [3.05, 3.63) is 70.8 Å². The van der Waals surface area contributed by atoms with Crippen LogP contribution in [0.1, 0.15) is 11.3 Å². The van der Waals surface area contributed by atoms with Crippen molar-refractivity contribution in [3.63, 3.8) is 0 Å². The quantitative estimate of drug-likeness (QED) is 0.561. The number of imidazole rings is 1. The summed E-state index contributed by atoms with van der Waals surface area (Å²) in [6.45, 7) is 0. The van der Waals surface area contributed by atoms with Crippen molar-refractivity contribution >= 4 is 28.2 Å². The molecule has 4 rings (SSSR count). The molecule has 4 nitrogen and oxygen atoms in total. The molecule has 0 bridgehead atoms. The van der Waals surface area contributed by atoms with Crippen LogP contribution in [-0.4, -0.2) is 19.6 Å². The molecule has 3 aromatic heterocycles. The molecule has 0 atom stereocenters. The summed E-state index contributed by atoms with van der Waals surface area (Å²) in [5.41, 5.74) is 1.34. The standard InChI is InChI=1S/C16H9ClF2N4/c17-14-3-4-15-21-8-9(23(15)22-14)6-11-12(18)7-13-10(16(11)19)2-1-5-20-13/h1-5,7-8H,6H2. The molecule has 0 fully saturated rings. The van der Waals surface area contributed by atoms with E-state index in [9.17, 15) is 8.78 Å². The second-order valence-corrected chi connectivity index (χ2v) is 5.46. The van der Waals surface area contributed by atoms with Gasteiger partial charge in [0.1, 0.15) is 16.8 Å². The number of pyridine rings is 1. The molecular weight excluding hydrogens is 322 g/mol. The van der Waals surface area contributed by atoms with Gasteiger partial charge < -0.3 is 0 Å². The number of rotatable bonds is 2. The van der Waals surface area contributed by atoms with Crippen LogP contribution in [0.4, 0.5) is 8.78 Å². The molecule has 0 saturated carbocycles.